The van der Waals surface area contributed by atoms with Crippen LogP contribution in [0.3, 0.4) is 0 Å². The average Bonchev–Trinajstić information content (AvgIpc) is 2.54. The van der Waals surface area contributed by atoms with Crippen molar-refractivity contribution >= 4 is 27.2 Å². The second-order valence-electron chi connectivity index (χ2n) is 5.38. The largest absolute Gasteiger partial charge is 0.399 e. The number of hydrogen-bond acceptors (Lipinski definition) is 1. The average molecular weight is 269 g/mol. The predicted molar refractivity (Wildman–Crippen MR) is 91.3 cm³/mol. The standard InChI is InChI=1S/C20H15N/c21-20-10-9-18-12-17(7-8-19(18)13-20)16-6-5-14-3-1-2-4-15(14)11-16/h1-13H,21H2. The first kappa shape index (κ1) is 12.0. The zero-order valence-corrected chi connectivity index (χ0v) is 11.6. The van der Waals surface area contributed by atoms with Crippen LogP contribution in [0, 0.1) is 0 Å². The summed E-state index contributed by atoms with van der Waals surface area (Å²) in [6, 6.07) is 27.6. The Hall–Kier alpha value is -2.80. The molecule has 0 aromatic heterocycles. The fraction of sp³-hybridized carbons (Fsp3) is 0. The highest BCUT2D eigenvalue weighted by molar-refractivity contribution is 5.92. The van der Waals surface area contributed by atoms with Crippen LogP contribution >= 0.6 is 0 Å². The van der Waals surface area contributed by atoms with E-state index in [4.69, 9.17) is 5.73 Å². The number of hydrogen-bond donors (Lipinski definition) is 1. The summed E-state index contributed by atoms with van der Waals surface area (Å²) in [6.45, 7) is 0. The molecule has 0 aliphatic rings. The van der Waals surface area contributed by atoms with Gasteiger partial charge in [-0.15, -0.1) is 0 Å². The lowest BCUT2D eigenvalue weighted by molar-refractivity contribution is 1.67. The normalized spacial score (nSPS) is 11.0. The maximum Gasteiger partial charge on any atom is 0.0320 e. The first-order valence-electron chi connectivity index (χ1n) is 7.08. The number of rotatable bonds is 1. The third-order valence-corrected chi connectivity index (χ3v) is 3.95. The van der Waals surface area contributed by atoms with E-state index in [1.54, 1.807) is 0 Å². The van der Waals surface area contributed by atoms with E-state index in [0.29, 0.717) is 0 Å². The van der Waals surface area contributed by atoms with E-state index in [1.807, 2.05) is 12.1 Å². The molecule has 100 valence electrons. The van der Waals surface area contributed by atoms with Crippen LogP contribution < -0.4 is 5.73 Å². The highest BCUT2D eigenvalue weighted by Gasteiger charge is 2.02. The van der Waals surface area contributed by atoms with Crippen LogP contribution in [-0.4, -0.2) is 0 Å². The van der Waals surface area contributed by atoms with Gasteiger partial charge in [-0.25, -0.2) is 0 Å². The quantitative estimate of drug-likeness (QED) is 0.470. The number of benzene rings is 4. The second-order valence-corrected chi connectivity index (χ2v) is 5.38. The molecule has 0 radical (unpaired) electrons. The van der Waals surface area contributed by atoms with Crippen LogP contribution in [0.1, 0.15) is 0 Å². The van der Waals surface area contributed by atoms with Gasteiger partial charge in [-0.3, -0.25) is 0 Å². The summed E-state index contributed by atoms with van der Waals surface area (Å²) in [6.07, 6.45) is 0. The molecule has 21 heavy (non-hydrogen) atoms. The van der Waals surface area contributed by atoms with Gasteiger partial charge in [-0.05, 0) is 56.9 Å². The van der Waals surface area contributed by atoms with Gasteiger partial charge in [0.1, 0.15) is 0 Å². The molecular weight excluding hydrogens is 254 g/mol. The first-order valence-corrected chi connectivity index (χ1v) is 7.08. The minimum absolute atomic E-state index is 0.806. The Morgan fingerprint density at radius 2 is 1.00 bits per heavy atom. The van der Waals surface area contributed by atoms with E-state index >= 15 is 0 Å². The minimum Gasteiger partial charge on any atom is -0.399 e. The molecule has 4 aromatic carbocycles. The summed E-state index contributed by atoms with van der Waals surface area (Å²) in [5.41, 5.74) is 9.12. The van der Waals surface area contributed by atoms with Gasteiger partial charge >= 0.3 is 0 Å². The number of anilines is 1. The maximum absolute atomic E-state index is 5.84. The summed E-state index contributed by atoms with van der Waals surface area (Å²) in [7, 11) is 0. The molecule has 0 spiro atoms. The summed E-state index contributed by atoms with van der Waals surface area (Å²) in [4.78, 5) is 0. The number of fused-ring (bicyclic) bond motifs is 2. The van der Waals surface area contributed by atoms with Crippen molar-refractivity contribution in [2.75, 3.05) is 5.73 Å². The third-order valence-electron chi connectivity index (χ3n) is 3.95. The van der Waals surface area contributed by atoms with Crippen molar-refractivity contribution in [1.29, 1.82) is 0 Å². The van der Waals surface area contributed by atoms with Crippen molar-refractivity contribution in [2.24, 2.45) is 0 Å². The zero-order valence-electron chi connectivity index (χ0n) is 11.6. The minimum atomic E-state index is 0.806. The Morgan fingerprint density at radius 3 is 1.76 bits per heavy atom. The monoisotopic (exact) mass is 269 g/mol. The van der Waals surface area contributed by atoms with Crippen LogP contribution in [0.2, 0.25) is 0 Å². The lowest BCUT2D eigenvalue weighted by atomic mass is 9.98. The molecule has 0 heterocycles. The molecular formula is C20H15N. The van der Waals surface area contributed by atoms with Crippen molar-refractivity contribution in [3.05, 3.63) is 78.9 Å². The number of nitrogen functional groups attached to an aromatic ring is 1. The molecule has 0 saturated heterocycles. The van der Waals surface area contributed by atoms with Gasteiger partial charge in [0.2, 0.25) is 0 Å². The predicted octanol–water partition coefficient (Wildman–Crippen LogP) is 5.24. The van der Waals surface area contributed by atoms with E-state index in [-0.39, 0.29) is 0 Å². The Kier molecular flexibility index (Phi) is 2.65. The van der Waals surface area contributed by atoms with Crippen LogP contribution in [0.5, 0.6) is 0 Å². The van der Waals surface area contributed by atoms with Crippen molar-refractivity contribution < 1.29 is 0 Å². The molecule has 2 N–H and O–H groups in total. The summed E-state index contributed by atoms with van der Waals surface area (Å²) < 4.78 is 0. The fourth-order valence-corrected chi connectivity index (χ4v) is 2.81. The SMILES string of the molecule is Nc1ccc2cc(-c3ccc4ccccc4c3)ccc2c1. The van der Waals surface area contributed by atoms with Gasteiger partial charge in [-0.1, -0.05) is 54.6 Å². The maximum atomic E-state index is 5.84. The Balaban J connectivity index is 1.89. The van der Waals surface area contributed by atoms with Crippen LogP contribution in [0.4, 0.5) is 5.69 Å². The number of nitrogens with two attached hydrogens (primary N) is 1. The van der Waals surface area contributed by atoms with E-state index < -0.39 is 0 Å². The molecule has 1 nitrogen and oxygen atoms in total. The molecule has 0 amide bonds. The first-order chi connectivity index (χ1) is 10.3. The van der Waals surface area contributed by atoms with Crippen molar-refractivity contribution in [3.63, 3.8) is 0 Å². The molecule has 0 saturated carbocycles. The molecule has 0 atom stereocenters. The van der Waals surface area contributed by atoms with E-state index in [2.05, 4.69) is 66.7 Å². The third kappa shape index (κ3) is 2.13. The summed E-state index contributed by atoms with van der Waals surface area (Å²) in [5.74, 6) is 0. The Bertz CT molecular complexity index is 954. The molecule has 0 aliphatic heterocycles. The molecule has 4 aromatic rings. The summed E-state index contributed by atoms with van der Waals surface area (Å²) in [5, 5.41) is 4.94. The smallest absolute Gasteiger partial charge is 0.0320 e. The van der Waals surface area contributed by atoms with E-state index in [0.717, 1.165) is 5.69 Å². The fourth-order valence-electron chi connectivity index (χ4n) is 2.81. The van der Waals surface area contributed by atoms with Gasteiger partial charge in [-0.2, -0.15) is 0 Å². The lowest BCUT2D eigenvalue weighted by Crippen LogP contribution is -1.84. The van der Waals surface area contributed by atoms with E-state index in [9.17, 15) is 0 Å². The topological polar surface area (TPSA) is 26.0 Å². The van der Waals surface area contributed by atoms with Crippen molar-refractivity contribution in [1.82, 2.24) is 0 Å². The van der Waals surface area contributed by atoms with Crippen molar-refractivity contribution in [3.8, 4) is 11.1 Å². The molecule has 0 fully saturated rings. The van der Waals surface area contributed by atoms with Crippen LogP contribution in [-0.2, 0) is 0 Å². The van der Waals surface area contributed by atoms with E-state index in [1.165, 1.54) is 32.7 Å². The van der Waals surface area contributed by atoms with Gasteiger partial charge in [0.05, 0.1) is 0 Å². The van der Waals surface area contributed by atoms with Gasteiger partial charge < -0.3 is 5.73 Å². The second kappa shape index (κ2) is 4.64. The lowest BCUT2D eigenvalue weighted by Gasteiger charge is -2.06. The zero-order chi connectivity index (χ0) is 14.2. The van der Waals surface area contributed by atoms with Gasteiger partial charge in [0.15, 0.2) is 0 Å². The highest BCUT2D eigenvalue weighted by Crippen LogP contribution is 2.28. The summed E-state index contributed by atoms with van der Waals surface area (Å²) >= 11 is 0. The highest BCUT2D eigenvalue weighted by atomic mass is 14.5. The van der Waals surface area contributed by atoms with Gasteiger partial charge in [0.25, 0.3) is 0 Å². The molecule has 0 unspecified atom stereocenters. The molecule has 1 heteroatoms. The molecule has 0 aliphatic carbocycles. The van der Waals surface area contributed by atoms with Crippen LogP contribution in [0.25, 0.3) is 32.7 Å². The van der Waals surface area contributed by atoms with Crippen LogP contribution in [0.15, 0.2) is 78.9 Å². The molecule has 4 rings (SSSR count). The molecule has 0 bridgehead atoms. The Labute approximate surface area is 123 Å². The van der Waals surface area contributed by atoms with Gasteiger partial charge in [0, 0.05) is 5.69 Å². The van der Waals surface area contributed by atoms with Crippen molar-refractivity contribution in [2.45, 2.75) is 0 Å². The Morgan fingerprint density at radius 1 is 0.476 bits per heavy atom.